The number of nitrogens with zero attached hydrogens (tertiary/aromatic N) is 1. The molecule has 0 aromatic heterocycles. The van der Waals surface area contributed by atoms with Crippen LogP contribution in [0.5, 0.6) is 0 Å². The lowest BCUT2D eigenvalue weighted by Gasteiger charge is -2.17. The van der Waals surface area contributed by atoms with Gasteiger partial charge in [-0.2, -0.15) is 0 Å². The van der Waals surface area contributed by atoms with Gasteiger partial charge >= 0.3 is 0 Å². The Bertz CT molecular complexity index is 900. The first-order chi connectivity index (χ1) is 13.5. The van der Waals surface area contributed by atoms with E-state index in [-0.39, 0.29) is 16.9 Å². The molecule has 1 fully saturated rings. The lowest BCUT2D eigenvalue weighted by Crippen LogP contribution is -2.26. The van der Waals surface area contributed by atoms with E-state index in [1.807, 2.05) is 25.1 Å². The molecule has 3 N–H and O–H groups in total. The Labute approximate surface area is 171 Å². The van der Waals surface area contributed by atoms with E-state index >= 15 is 4.39 Å². The second kappa shape index (κ2) is 9.16. The average Bonchev–Trinajstić information content (AvgIpc) is 3.48. The van der Waals surface area contributed by atoms with Crippen molar-refractivity contribution in [3.63, 3.8) is 0 Å². The molecule has 6 nitrogen and oxygen atoms in total. The van der Waals surface area contributed by atoms with Crippen LogP contribution in [0.3, 0.4) is 0 Å². The third-order valence-corrected chi connectivity index (χ3v) is 4.86. The van der Waals surface area contributed by atoms with E-state index in [1.165, 1.54) is 12.4 Å². The molecule has 3 rings (SSSR count). The van der Waals surface area contributed by atoms with Crippen LogP contribution < -0.4 is 16.1 Å². The van der Waals surface area contributed by atoms with Crippen molar-refractivity contribution in [1.82, 2.24) is 5.48 Å². The van der Waals surface area contributed by atoms with Gasteiger partial charge in [-0.1, -0.05) is 15.9 Å². The van der Waals surface area contributed by atoms with E-state index < -0.39 is 11.7 Å². The van der Waals surface area contributed by atoms with E-state index in [0.29, 0.717) is 18.2 Å². The second-order valence-electron chi connectivity index (χ2n) is 6.65. The highest BCUT2D eigenvalue weighted by molar-refractivity contribution is 9.10. The van der Waals surface area contributed by atoms with E-state index in [0.717, 1.165) is 22.9 Å². The summed E-state index contributed by atoms with van der Waals surface area (Å²) >= 11 is 3.41. The number of halogens is 2. The zero-order valence-electron chi connectivity index (χ0n) is 15.7. The Morgan fingerprint density at radius 3 is 2.75 bits per heavy atom. The van der Waals surface area contributed by atoms with E-state index in [4.69, 9.17) is 4.84 Å². The Morgan fingerprint density at radius 2 is 2.07 bits per heavy atom. The maximum absolute atomic E-state index is 15.2. The minimum absolute atomic E-state index is 0.0625. The highest BCUT2D eigenvalue weighted by Gasteiger charge is 2.23. The highest BCUT2D eigenvalue weighted by Crippen LogP contribution is 2.32. The lowest BCUT2D eigenvalue weighted by molar-refractivity contribution is 0.0271. The van der Waals surface area contributed by atoms with E-state index in [9.17, 15) is 4.79 Å². The number of anilines is 3. The summed E-state index contributed by atoms with van der Waals surface area (Å²) in [5.74, 6) is -0.593. The van der Waals surface area contributed by atoms with E-state index in [1.54, 1.807) is 13.1 Å². The summed E-state index contributed by atoms with van der Waals surface area (Å²) in [5, 5.41) is 5.82. The van der Waals surface area contributed by atoms with Crippen molar-refractivity contribution in [1.29, 1.82) is 0 Å². The van der Waals surface area contributed by atoms with Gasteiger partial charge in [0.25, 0.3) is 5.91 Å². The van der Waals surface area contributed by atoms with Crippen LogP contribution in [0.15, 0.2) is 39.8 Å². The summed E-state index contributed by atoms with van der Waals surface area (Å²) in [4.78, 5) is 21.6. The summed E-state index contributed by atoms with van der Waals surface area (Å²) in [6.07, 6.45) is 3.60. The molecule has 148 valence electrons. The standard InChI is InChI=1S/C20H22BrFN4O2/c1-12-9-14(21)5-7-16(12)25-19-15(20(27)26-28-10-13-3-4-13)6-8-17(18(19)22)24-11-23-2/h5-9,11,13,25H,3-4,10H2,1-2H3,(H,23,24)(H,26,27). The third kappa shape index (κ3) is 5.08. The first-order valence-electron chi connectivity index (χ1n) is 8.94. The number of benzene rings is 2. The van der Waals surface area contributed by atoms with Gasteiger partial charge in [-0.15, -0.1) is 0 Å². The van der Waals surface area contributed by atoms with E-state index in [2.05, 4.69) is 37.0 Å². The number of nitrogens with one attached hydrogen (secondary N) is 3. The van der Waals surface area contributed by atoms with Crippen molar-refractivity contribution in [2.24, 2.45) is 10.9 Å². The van der Waals surface area contributed by atoms with Gasteiger partial charge in [0.1, 0.15) is 0 Å². The maximum atomic E-state index is 15.2. The summed E-state index contributed by atoms with van der Waals surface area (Å²) in [7, 11) is 1.58. The van der Waals surface area contributed by atoms with Crippen LogP contribution in [0, 0.1) is 18.7 Å². The topological polar surface area (TPSA) is 74.8 Å². The minimum atomic E-state index is -0.586. The second-order valence-corrected chi connectivity index (χ2v) is 7.57. The van der Waals surface area contributed by atoms with Gasteiger partial charge in [-0.3, -0.25) is 14.6 Å². The summed E-state index contributed by atoms with van der Waals surface area (Å²) < 4.78 is 16.1. The Hall–Kier alpha value is -2.45. The zero-order chi connectivity index (χ0) is 20.1. The fraction of sp³-hybridized carbons (Fsp3) is 0.300. The van der Waals surface area contributed by atoms with Gasteiger partial charge in [0, 0.05) is 17.2 Å². The molecule has 1 aliphatic rings. The summed E-state index contributed by atoms with van der Waals surface area (Å²) in [6.45, 7) is 2.37. The minimum Gasteiger partial charge on any atom is -0.352 e. The molecule has 2 aromatic rings. The van der Waals surface area contributed by atoms with Crippen molar-refractivity contribution >= 4 is 45.2 Å². The molecule has 1 amide bonds. The number of carbonyl (C=O) groups is 1. The summed E-state index contributed by atoms with van der Waals surface area (Å²) in [5.41, 5.74) is 4.42. The molecular weight excluding hydrogens is 427 g/mol. The number of amides is 1. The molecule has 0 aliphatic heterocycles. The first kappa shape index (κ1) is 20.3. The quantitative estimate of drug-likeness (QED) is 0.308. The number of rotatable bonds is 8. The first-order valence-corrected chi connectivity index (χ1v) is 9.74. The Kier molecular flexibility index (Phi) is 6.64. The number of hydroxylamine groups is 1. The monoisotopic (exact) mass is 448 g/mol. The maximum Gasteiger partial charge on any atom is 0.277 e. The number of carbonyl (C=O) groups excluding carboxylic acids is 1. The van der Waals surface area contributed by atoms with Crippen LogP contribution in [0.25, 0.3) is 0 Å². The fourth-order valence-corrected chi connectivity index (χ4v) is 3.08. The van der Waals surface area contributed by atoms with Gasteiger partial charge in [-0.25, -0.2) is 9.87 Å². The van der Waals surface area contributed by atoms with Crippen molar-refractivity contribution < 1.29 is 14.0 Å². The summed E-state index contributed by atoms with van der Waals surface area (Å²) in [6, 6.07) is 8.60. The molecule has 0 radical (unpaired) electrons. The van der Waals surface area contributed by atoms with Gasteiger partial charge < -0.3 is 10.6 Å². The van der Waals surface area contributed by atoms with Crippen molar-refractivity contribution in [2.45, 2.75) is 19.8 Å². The lowest BCUT2D eigenvalue weighted by atomic mass is 10.1. The zero-order valence-corrected chi connectivity index (χ0v) is 17.3. The number of aliphatic imine (C=N–C) groups is 1. The molecule has 0 unspecified atom stereocenters. The molecule has 1 aliphatic carbocycles. The molecule has 0 saturated heterocycles. The predicted molar refractivity (Wildman–Crippen MR) is 113 cm³/mol. The third-order valence-electron chi connectivity index (χ3n) is 4.36. The van der Waals surface area contributed by atoms with Crippen LogP contribution in [-0.2, 0) is 4.84 Å². The highest BCUT2D eigenvalue weighted by atomic mass is 79.9. The Balaban J connectivity index is 1.90. The molecule has 8 heteroatoms. The largest absolute Gasteiger partial charge is 0.352 e. The molecule has 0 bridgehead atoms. The molecular formula is C20H22BrFN4O2. The fourth-order valence-electron chi connectivity index (χ4n) is 2.60. The van der Waals surface area contributed by atoms with Crippen molar-refractivity contribution in [3.05, 3.63) is 51.7 Å². The SMILES string of the molecule is CN=CNc1ccc(C(=O)NOCC2CC2)c(Nc2ccc(Br)cc2C)c1F. The molecule has 0 atom stereocenters. The Morgan fingerprint density at radius 1 is 1.32 bits per heavy atom. The number of hydrogen-bond acceptors (Lipinski definition) is 4. The molecule has 1 saturated carbocycles. The van der Waals surface area contributed by atoms with Crippen LogP contribution in [-0.4, -0.2) is 25.9 Å². The van der Waals surface area contributed by atoms with Crippen LogP contribution >= 0.6 is 15.9 Å². The van der Waals surface area contributed by atoms with Gasteiger partial charge in [0.2, 0.25) is 0 Å². The van der Waals surface area contributed by atoms with Crippen LogP contribution in [0.4, 0.5) is 21.5 Å². The average molecular weight is 449 g/mol. The van der Waals surface area contributed by atoms with Crippen LogP contribution in [0.2, 0.25) is 0 Å². The molecule has 0 spiro atoms. The number of aryl methyl sites for hydroxylation is 1. The molecule has 28 heavy (non-hydrogen) atoms. The van der Waals surface area contributed by atoms with Crippen LogP contribution in [0.1, 0.15) is 28.8 Å². The predicted octanol–water partition coefficient (Wildman–Crippen LogP) is 4.78. The van der Waals surface area contributed by atoms with Gasteiger partial charge in [0.05, 0.1) is 29.9 Å². The van der Waals surface area contributed by atoms with Gasteiger partial charge in [-0.05, 0) is 61.6 Å². The van der Waals surface area contributed by atoms with Gasteiger partial charge in [0.15, 0.2) is 5.82 Å². The normalized spacial score (nSPS) is 13.6. The number of hydrogen-bond donors (Lipinski definition) is 3. The van der Waals surface area contributed by atoms with Crippen molar-refractivity contribution in [2.75, 3.05) is 24.3 Å². The van der Waals surface area contributed by atoms with Crippen molar-refractivity contribution in [3.8, 4) is 0 Å². The molecule has 0 heterocycles. The smallest absolute Gasteiger partial charge is 0.277 e. The molecule has 2 aromatic carbocycles.